The molecule has 7 heavy (non-hydrogen) atoms. The molecule has 0 spiro atoms. The molecule has 0 atom stereocenters. The van der Waals surface area contributed by atoms with Crippen LogP contribution in [0.5, 0.6) is 0 Å². The molecule has 0 amide bonds. The Bertz CT molecular complexity index is 68.2. The van der Waals surface area contributed by atoms with E-state index in [2.05, 4.69) is 0 Å². The van der Waals surface area contributed by atoms with E-state index in [1.165, 1.54) is 32.1 Å². The summed E-state index contributed by atoms with van der Waals surface area (Å²) in [6.45, 7) is 0. The van der Waals surface area contributed by atoms with Crippen molar-refractivity contribution < 1.29 is 0 Å². The van der Waals surface area contributed by atoms with Crippen LogP contribution in [0.25, 0.3) is 0 Å². The van der Waals surface area contributed by atoms with Crippen LogP contribution in [-0.4, -0.2) is 25.6 Å². The zero-order chi connectivity index (χ0) is 5.11. The fourth-order valence-corrected chi connectivity index (χ4v) is 1.99. The van der Waals surface area contributed by atoms with Gasteiger partial charge < -0.3 is 0 Å². The Labute approximate surface area is 57.9 Å². The Morgan fingerprint density at radius 3 is 1.86 bits per heavy atom. The van der Waals surface area contributed by atoms with Crippen LogP contribution in [0.1, 0.15) is 32.1 Å². The minimum absolute atomic E-state index is 1.44. The molecule has 2 radical (unpaired) electrons. The topological polar surface area (TPSA) is 0 Å². The third kappa shape index (κ3) is 1.93. The number of hydrogen-bond acceptors (Lipinski definition) is 0. The van der Waals surface area contributed by atoms with Gasteiger partial charge in [-0.25, -0.2) is 0 Å². The molecule has 1 saturated carbocycles. The number of hydrogen-bond donors (Lipinski definition) is 0. The predicted molar refractivity (Wildman–Crippen MR) is 33.8 cm³/mol. The number of rotatable bonds is 0. The van der Waals surface area contributed by atoms with E-state index < -0.39 is 0 Å². The molecule has 0 heterocycles. The molecule has 0 nitrogen and oxygen atoms in total. The maximum atomic E-state index is 1.80. The van der Waals surface area contributed by atoms with Crippen molar-refractivity contribution in [3.05, 3.63) is 0 Å². The van der Waals surface area contributed by atoms with E-state index in [1.54, 1.807) is 25.6 Å². The molecule has 0 aromatic heterocycles. The Hall–Kier alpha value is 0.669. The molecular weight excluding hydrogens is 191 g/mol. The Balaban J connectivity index is 2.25. The van der Waals surface area contributed by atoms with E-state index in [0.717, 1.165) is 0 Å². The average Bonchev–Trinajstić information content (AvgIpc) is 1.69. The van der Waals surface area contributed by atoms with Crippen LogP contribution in [-0.2, 0) is 0 Å². The van der Waals surface area contributed by atoms with E-state index in [1.807, 2.05) is 0 Å². The summed E-state index contributed by atoms with van der Waals surface area (Å²) in [4.78, 5) is 0. The Morgan fingerprint density at radius 1 is 1.00 bits per heavy atom. The first kappa shape index (κ1) is 5.80. The van der Waals surface area contributed by atoms with Gasteiger partial charge in [-0.15, -0.1) is 0 Å². The van der Waals surface area contributed by atoms with Gasteiger partial charge in [-0.1, -0.05) is 0 Å². The molecule has 1 fully saturated rings. The first-order valence-electron chi connectivity index (χ1n) is 2.96. The summed E-state index contributed by atoms with van der Waals surface area (Å²) in [6.07, 6.45) is 7.32. The second-order valence-corrected chi connectivity index (χ2v) is 4.18. The van der Waals surface area contributed by atoms with Crippen LogP contribution < -0.4 is 0 Å². The molecule has 0 bridgehead atoms. The van der Waals surface area contributed by atoms with Crippen LogP contribution in [0, 0.1) is 0 Å². The van der Waals surface area contributed by atoms with Gasteiger partial charge in [0.1, 0.15) is 0 Å². The molecular formula is C6H10Sn. The van der Waals surface area contributed by atoms with Gasteiger partial charge in [0.15, 0.2) is 0 Å². The summed E-state index contributed by atoms with van der Waals surface area (Å²) < 4.78 is 1.80. The van der Waals surface area contributed by atoms with Crippen LogP contribution in [0.2, 0.25) is 0 Å². The fraction of sp³-hybridized carbons (Fsp3) is 0.833. The van der Waals surface area contributed by atoms with Crippen molar-refractivity contribution in [2.45, 2.75) is 32.1 Å². The van der Waals surface area contributed by atoms with Crippen molar-refractivity contribution >= 4 is 25.6 Å². The molecule has 0 aromatic rings. The molecule has 0 saturated heterocycles. The van der Waals surface area contributed by atoms with Crippen molar-refractivity contribution in [2.75, 3.05) is 0 Å². The second-order valence-electron chi connectivity index (χ2n) is 2.16. The van der Waals surface area contributed by atoms with E-state index in [9.17, 15) is 0 Å². The molecule has 1 rings (SSSR count). The third-order valence-electron chi connectivity index (χ3n) is 1.46. The van der Waals surface area contributed by atoms with Crippen LogP contribution >= 0.6 is 0 Å². The van der Waals surface area contributed by atoms with Gasteiger partial charge in [0.05, 0.1) is 0 Å². The molecule has 0 unspecified atom stereocenters. The average molecular weight is 201 g/mol. The van der Waals surface area contributed by atoms with Crippen LogP contribution in [0.4, 0.5) is 0 Å². The van der Waals surface area contributed by atoms with Gasteiger partial charge in [-0.2, -0.15) is 0 Å². The first-order chi connectivity index (χ1) is 3.39. The predicted octanol–water partition coefficient (Wildman–Crippen LogP) is 1.29. The van der Waals surface area contributed by atoms with Crippen molar-refractivity contribution in [2.24, 2.45) is 0 Å². The zero-order valence-electron chi connectivity index (χ0n) is 4.54. The normalized spacial score (nSPS) is 22.6. The van der Waals surface area contributed by atoms with E-state index in [0.29, 0.717) is 0 Å². The summed E-state index contributed by atoms with van der Waals surface area (Å²) >= 11 is 1.69. The molecule has 0 aromatic carbocycles. The van der Waals surface area contributed by atoms with Crippen molar-refractivity contribution in [1.29, 1.82) is 0 Å². The summed E-state index contributed by atoms with van der Waals surface area (Å²) in [7, 11) is 0. The van der Waals surface area contributed by atoms with Gasteiger partial charge in [0, 0.05) is 0 Å². The second kappa shape index (κ2) is 2.85. The van der Waals surface area contributed by atoms with Gasteiger partial charge in [0.2, 0.25) is 0 Å². The fourth-order valence-electron chi connectivity index (χ4n) is 0.979. The van der Waals surface area contributed by atoms with Crippen LogP contribution in [0.15, 0.2) is 0 Å². The van der Waals surface area contributed by atoms with Gasteiger partial charge >= 0.3 is 57.7 Å². The van der Waals surface area contributed by atoms with E-state index in [-0.39, 0.29) is 0 Å². The summed E-state index contributed by atoms with van der Waals surface area (Å²) in [5.41, 5.74) is 0. The summed E-state index contributed by atoms with van der Waals surface area (Å²) in [6, 6.07) is 0. The van der Waals surface area contributed by atoms with E-state index in [4.69, 9.17) is 0 Å². The van der Waals surface area contributed by atoms with Crippen molar-refractivity contribution in [1.82, 2.24) is 0 Å². The standard InChI is InChI=1S/C6H10.Sn/c1-2-4-6-5-3-1;/h1-5H2;. The van der Waals surface area contributed by atoms with Gasteiger partial charge in [0.25, 0.3) is 0 Å². The first-order valence-corrected chi connectivity index (χ1v) is 4.38. The Kier molecular flexibility index (Phi) is 2.36. The monoisotopic (exact) mass is 202 g/mol. The molecule has 0 aliphatic heterocycles. The van der Waals surface area contributed by atoms with Crippen molar-refractivity contribution in [3.63, 3.8) is 0 Å². The molecule has 1 heteroatoms. The molecule has 38 valence electrons. The third-order valence-corrected chi connectivity index (χ3v) is 2.88. The van der Waals surface area contributed by atoms with Crippen LogP contribution in [0.3, 0.4) is 0 Å². The molecule has 1 aliphatic rings. The van der Waals surface area contributed by atoms with Gasteiger partial charge in [-0.3, -0.25) is 0 Å². The SMILES string of the molecule is [Sn]=[C]1CCCCC1. The van der Waals surface area contributed by atoms with E-state index >= 15 is 0 Å². The molecule has 1 aliphatic carbocycles. The minimum atomic E-state index is 1.44. The quantitative estimate of drug-likeness (QED) is 0.518. The maximum absolute atomic E-state index is 1.80. The Morgan fingerprint density at radius 2 is 1.57 bits per heavy atom. The zero-order valence-corrected chi connectivity index (χ0v) is 7.39. The van der Waals surface area contributed by atoms with Gasteiger partial charge in [-0.05, 0) is 0 Å². The molecule has 0 N–H and O–H groups in total. The van der Waals surface area contributed by atoms with Crippen molar-refractivity contribution in [3.8, 4) is 0 Å². The summed E-state index contributed by atoms with van der Waals surface area (Å²) in [5.74, 6) is 0. The summed E-state index contributed by atoms with van der Waals surface area (Å²) in [5, 5.41) is 0.